The van der Waals surface area contributed by atoms with Crippen molar-refractivity contribution in [3.63, 3.8) is 0 Å². The number of carbonyl (C=O) groups is 1. The molecular weight excluding hydrogens is 411 g/mol. The predicted octanol–water partition coefficient (Wildman–Crippen LogP) is 3.52. The van der Waals surface area contributed by atoms with Crippen LogP contribution in [0.4, 0.5) is 5.69 Å². The number of benzene rings is 2. The second-order valence-electron chi connectivity index (χ2n) is 7.18. The first-order valence-corrected chi connectivity index (χ1v) is 9.46. The maximum atomic E-state index is 11.0. The van der Waals surface area contributed by atoms with Gasteiger partial charge in [-0.2, -0.15) is 0 Å². The average molecular weight is 441 g/mol. The van der Waals surface area contributed by atoms with E-state index in [1.54, 1.807) is 18.2 Å². The molecule has 0 aromatic heterocycles. The molecule has 0 bridgehead atoms. The van der Waals surface area contributed by atoms with E-state index in [1.165, 1.54) is 16.8 Å². The van der Waals surface area contributed by atoms with Crippen LogP contribution in [-0.2, 0) is 0 Å². The zero-order chi connectivity index (χ0) is 19.2. The third kappa shape index (κ3) is 6.89. The molecule has 1 aliphatic rings. The molecule has 29 heavy (non-hydrogen) atoms. The summed E-state index contributed by atoms with van der Waals surface area (Å²) in [5, 5.41) is 10.3. The number of anilines is 1. The summed E-state index contributed by atoms with van der Waals surface area (Å²) in [6.07, 6.45) is 0.186. The molecular formula is C22H30Cl2N2O3. The van der Waals surface area contributed by atoms with Crippen molar-refractivity contribution in [3.8, 4) is 5.75 Å². The average Bonchev–Trinajstić information content (AvgIpc) is 2.69. The number of ether oxygens (including phenoxy) is 1. The fourth-order valence-corrected chi connectivity index (χ4v) is 3.36. The topological polar surface area (TPSA) is 53.0 Å². The molecule has 1 atom stereocenters. The van der Waals surface area contributed by atoms with Gasteiger partial charge in [0.25, 0.3) is 0 Å². The van der Waals surface area contributed by atoms with E-state index in [2.05, 4.69) is 41.8 Å². The molecule has 2 aromatic carbocycles. The van der Waals surface area contributed by atoms with E-state index in [0.29, 0.717) is 17.9 Å². The number of carbonyl (C=O) groups excluding carboxylic acids is 1. The van der Waals surface area contributed by atoms with Crippen LogP contribution >= 0.6 is 24.8 Å². The van der Waals surface area contributed by atoms with Crippen LogP contribution in [0.5, 0.6) is 5.75 Å². The number of halogens is 2. The predicted molar refractivity (Wildman–Crippen MR) is 122 cm³/mol. The molecule has 1 aliphatic heterocycles. The lowest BCUT2D eigenvalue weighted by Gasteiger charge is -2.37. The number of aliphatic hydroxyl groups is 1. The molecule has 7 heteroatoms. The lowest BCUT2D eigenvalue weighted by Crippen LogP contribution is -2.49. The Hall–Kier alpha value is -1.79. The molecule has 5 nitrogen and oxygen atoms in total. The monoisotopic (exact) mass is 440 g/mol. The van der Waals surface area contributed by atoms with Gasteiger partial charge in [-0.15, -0.1) is 24.8 Å². The maximum absolute atomic E-state index is 11.0. The summed E-state index contributed by atoms with van der Waals surface area (Å²) in [4.78, 5) is 15.7. The third-order valence-corrected chi connectivity index (χ3v) is 5.17. The lowest BCUT2D eigenvalue weighted by atomic mass is 10.1. The van der Waals surface area contributed by atoms with E-state index in [-0.39, 0.29) is 31.4 Å². The van der Waals surface area contributed by atoms with Gasteiger partial charge in [-0.1, -0.05) is 18.2 Å². The van der Waals surface area contributed by atoms with Gasteiger partial charge in [0.1, 0.15) is 18.5 Å². The standard InChI is InChI=1S/C22H28N2O3.2ClH/c1-17-7-8-20(13-18(17)2)24-11-9-23(10-12-24)14-21(26)16-27-22-6-4-3-5-19(22)15-25;;/h3-8,13,15,21,26H,9-12,14,16H2,1-2H3;2*1H. The highest BCUT2D eigenvalue weighted by atomic mass is 35.5. The Morgan fingerprint density at radius 2 is 1.72 bits per heavy atom. The van der Waals surface area contributed by atoms with Crippen LogP contribution < -0.4 is 9.64 Å². The number of β-amino-alcohol motifs (C(OH)–C–C–N with tert-alkyl or cyclic N) is 1. The molecule has 1 fully saturated rings. The van der Waals surface area contributed by atoms with Crippen molar-refractivity contribution in [2.24, 2.45) is 0 Å². The van der Waals surface area contributed by atoms with Crippen LogP contribution in [0, 0.1) is 13.8 Å². The van der Waals surface area contributed by atoms with Gasteiger partial charge in [0.05, 0.1) is 5.56 Å². The normalized spacial score (nSPS) is 15.1. The Balaban J connectivity index is 0.00000210. The Morgan fingerprint density at radius 3 is 2.38 bits per heavy atom. The summed E-state index contributed by atoms with van der Waals surface area (Å²) in [7, 11) is 0. The minimum atomic E-state index is -0.585. The number of aryl methyl sites for hydroxylation is 2. The van der Waals surface area contributed by atoms with Crippen molar-refractivity contribution < 1.29 is 14.6 Å². The van der Waals surface area contributed by atoms with Crippen LogP contribution in [0.25, 0.3) is 0 Å². The van der Waals surface area contributed by atoms with Crippen molar-refractivity contribution in [3.05, 3.63) is 59.2 Å². The van der Waals surface area contributed by atoms with E-state index in [0.717, 1.165) is 32.5 Å². The van der Waals surface area contributed by atoms with Crippen molar-refractivity contribution in [1.82, 2.24) is 4.90 Å². The van der Waals surface area contributed by atoms with Crippen molar-refractivity contribution in [1.29, 1.82) is 0 Å². The van der Waals surface area contributed by atoms with E-state index in [4.69, 9.17) is 4.74 Å². The van der Waals surface area contributed by atoms with Crippen LogP contribution in [-0.4, -0.2) is 61.7 Å². The molecule has 0 radical (unpaired) electrons. The highest BCUT2D eigenvalue weighted by Crippen LogP contribution is 2.20. The molecule has 2 aromatic rings. The van der Waals surface area contributed by atoms with E-state index < -0.39 is 6.10 Å². The SMILES string of the molecule is Cc1ccc(N2CCN(CC(O)COc3ccccc3C=O)CC2)cc1C.Cl.Cl. The van der Waals surface area contributed by atoms with Gasteiger partial charge in [-0.3, -0.25) is 9.69 Å². The number of hydrogen-bond donors (Lipinski definition) is 1. The summed E-state index contributed by atoms with van der Waals surface area (Å²) < 4.78 is 5.63. The summed E-state index contributed by atoms with van der Waals surface area (Å²) in [5.41, 5.74) is 4.41. The fourth-order valence-electron chi connectivity index (χ4n) is 3.36. The smallest absolute Gasteiger partial charge is 0.153 e. The van der Waals surface area contributed by atoms with Gasteiger partial charge < -0.3 is 14.7 Å². The van der Waals surface area contributed by atoms with Crippen LogP contribution in [0.15, 0.2) is 42.5 Å². The van der Waals surface area contributed by atoms with Gasteiger partial charge in [-0.05, 0) is 49.2 Å². The van der Waals surface area contributed by atoms with Crippen molar-refractivity contribution in [2.75, 3.05) is 44.2 Å². The molecule has 1 N–H and O–H groups in total. The number of hydrogen-bond acceptors (Lipinski definition) is 5. The second kappa shape index (κ2) is 12.0. The van der Waals surface area contributed by atoms with E-state index >= 15 is 0 Å². The van der Waals surface area contributed by atoms with Gasteiger partial charge in [-0.25, -0.2) is 0 Å². The Labute approximate surface area is 185 Å². The summed E-state index contributed by atoms with van der Waals surface area (Å²) in [5.74, 6) is 0.520. The van der Waals surface area contributed by atoms with Gasteiger partial charge in [0, 0.05) is 38.4 Å². The van der Waals surface area contributed by atoms with Crippen molar-refractivity contribution in [2.45, 2.75) is 20.0 Å². The number of nitrogens with zero attached hydrogens (tertiary/aromatic N) is 2. The van der Waals surface area contributed by atoms with Gasteiger partial charge in [0.15, 0.2) is 6.29 Å². The molecule has 0 spiro atoms. The molecule has 160 valence electrons. The maximum Gasteiger partial charge on any atom is 0.153 e. The van der Waals surface area contributed by atoms with Crippen LogP contribution in [0.3, 0.4) is 0 Å². The number of para-hydroxylation sites is 1. The molecule has 1 saturated heterocycles. The minimum absolute atomic E-state index is 0. The fraction of sp³-hybridized carbons (Fsp3) is 0.409. The molecule has 1 heterocycles. The molecule has 0 amide bonds. The lowest BCUT2D eigenvalue weighted by molar-refractivity contribution is 0.0658. The number of piperazine rings is 1. The van der Waals surface area contributed by atoms with Crippen LogP contribution in [0.1, 0.15) is 21.5 Å². The molecule has 3 rings (SSSR count). The van der Waals surface area contributed by atoms with Gasteiger partial charge >= 0.3 is 0 Å². The third-order valence-electron chi connectivity index (χ3n) is 5.17. The molecule has 0 saturated carbocycles. The summed E-state index contributed by atoms with van der Waals surface area (Å²) >= 11 is 0. The number of aldehydes is 1. The zero-order valence-corrected chi connectivity index (χ0v) is 18.5. The highest BCUT2D eigenvalue weighted by Gasteiger charge is 2.20. The van der Waals surface area contributed by atoms with E-state index in [1.807, 2.05) is 6.07 Å². The highest BCUT2D eigenvalue weighted by molar-refractivity contribution is 5.85. The Bertz CT molecular complexity index is 780. The number of rotatable bonds is 7. The molecule has 0 aliphatic carbocycles. The second-order valence-corrected chi connectivity index (χ2v) is 7.18. The Kier molecular flexibility index (Phi) is 10.5. The Morgan fingerprint density at radius 1 is 1.03 bits per heavy atom. The van der Waals surface area contributed by atoms with Crippen molar-refractivity contribution >= 4 is 36.8 Å². The summed E-state index contributed by atoms with van der Waals surface area (Å²) in [6, 6.07) is 13.7. The zero-order valence-electron chi connectivity index (χ0n) is 16.9. The van der Waals surface area contributed by atoms with Crippen LogP contribution in [0.2, 0.25) is 0 Å². The number of aliphatic hydroxyl groups excluding tert-OH is 1. The molecule has 1 unspecified atom stereocenters. The van der Waals surface area contributed by atoms with E-state index in [9.17, 15) is 9.90 Å². The first-order valence-electron chi connectivity index (χ1n) is 9.46. The first-order chi connectivity index (χ1) is 13.1. The quantitative estimate of drug-likeness (QED) is 0.667. The van der Waals surface area contributed by atoms with Gasteiger partial charge in [0.2, 0.25) is 0 Å². The minimum Gasteiger partial charge on any atom is -0.490 e. The first kappa shape index (κ1) is 25.2. The largest absolute Gasteiger partial charge is 0.490 e. The summed E-state index contributed by atoms with van der Waals surface area (Å²) in [6.45, 7) is 8.76.